The summed E-state index contributed by atoms with van der Waals surface area (Å²) in [6.07, 6.45) is 5.75. The van der Waals surface area contributed by atoms with Crippen LogP contribution < -0.4 is 0 Å². The number of ether oxygens (including phenoxy) is 1. The van der Waals surface area contributed by atoms with Gasteiger partial charge in [-0.25, -0.2) is 8.78 Å². The number of hydrogen-bond acceptors (Lipinski definition) is 3. The Labute approximate surface area is 241 Å². The van der Waals surface area contributed by atoms with E-state index in [1.165, 1.54) is 22.4 Å². The van der Waals surface area contributed by atoms with E-state index in [9.17, 15) is 8.78 Å². The van der Waals surface area contributed by atoms with Crippen LogP contribution in [0.25, 0.3) is 0 Å². The summed E-state index contributed by atoms with van der Waals surface area (Å²) in [4.78, 5) is 5.45. The van der Waals surface area contributed by atoms with Crippen LogP contribution in [0.1, 0.15) is 145 Å². The molecule has 220 valence electrons. The van der Waals surface area contributed by atoms with Crippen molar-refractivity contribution in [2.24, 2.45) is 5.41 Å². The molecule has 6 heteroatoms. The molecule has 1 aromatic carbocycles. The molecule has 0 bridgehead atoms. The van der Waals surface area contributed by atoms with Gasteiger partial charge < -0.3 is 9.16 Å². The van der Waals surface area contributed by atoms with Gasteiger partial charge in [0.15, 0.2) is 8.32 Å². The van der Waals surface area contributed by atoms with Gasteiger partial charge in [-0.15, -0.1) is 0 Å². The lowest BCUT2D eigenvalue weighted by Crippen LogP contribution is -2.44. The zero-order valence-corrected chi connectivity index (χ0v) is 27.3. The fourth-order valence-electron chi connectivity index (χ4n) is 6.97. The summed E-state index contributed by atoms with van der Waals surface area (Å²) >= 11 is 0. The Balaban J connectivity index is 1.75. The SMILES string of the molecule is CC(C)c1nc2c(c3c1[C@@H](c1ccc(C(C)(F)F)cc1)OC31CCCC1)[C@@H](O[Si](C)(C)C(C)(C)C)CC(C)(C)C2. The maximum atomic E-state index is 14.1. The van der Waals surface area contributed by atoms with E-state index in [2.05, 4.69) is 61.6 Å². The van der Waals surface area contributed by atoms with Crippen molar-refractivity contribution in [2.45, 2.75) is 142 Å². The number of alkyl halides is 2. The number of benzene rings is 1. The fourth-order valence-corrected chi connectivity index (χ4v) is 8.23. The largest absolute Gasteiger partial charge is 0.410 e. The van der Waals surface area contributed by atoms with E-state index in [-0.39, 0.29) is 39.7 Å². The molecule has 2 heterocycles. The first-order valence-corrected chi connectivity index (χ1v) is 18.2. The van der Waals surface area contributed by atoms with Gasteiger partial charge in [0, 0.05) is 35.0 Å². The smallest absolute Gasteiger partial charge is 0.270 e. The quantitative estimate of drug-likeness (QED) is 0.336. The van der Waals surface area contributed by atoms with Gasteiger partial charge in [-0.05, 0) is 66.3 Å². The Morgan fingerprint density at radius 2 is 1.60 bits per heavy atom. The van der Waals surface area contributed by atoms with Crippen molar-refractivity contribution in [1.29, 1.82) is 0 Å². The summed E-state index contributed by atoms with van der Waals surface area (Å²) in [5.41, 5.74) is 6.73. The number of hydrogen-bond donors (Lipinski definition) is 0. The first kappa shape index (κ1) is 29.8. The summed E-state index contributed by atoms with van der Waals surface area (Å²) < 4.78 is 42.6. The predicted molar refractivity (Wildman–Crippen MR) is 161 cm³/mol. The van der Waals surface area contributed by atoms with Gasteiger partial charge in [-0.3, -0.25) is 4.98 Å². The van der Waals surface area contributed by atoms with Crippen molar-refractivity contribution in [3.05, 3.63) is 63.5 Å². The Kier molecular flexibility index (Phi) is 7.24. The number of fused-ring (bicyclic) bond motifs is 4. The van der Waals surface area contributed by atoms with Crippen LogP contribution >= 0.6 is 0 Å². The summed E-state index contributed by atoms with van der Waals surface area (Å²) in [6.45, 7) is 21.7. The minimum Gasteiger partial charge on any atom is -0.410 e. The van der Waals surface area contributed by atoms with Gasteiger partial charge >= 0.3 is 0 Å². The third kappa shape index (κ3) is 5.11. The minimum atomic E-state index is -2.87. The molecule has 1 aliphatic heterocycles. The monoisotopic (exact) mass is 569 g/mol. The second-order valence-electron chi connectivity index (χ2n) is 15.4. The van der Waals surface area contributed by atoms with Gasteiger partial charge in [0.25, 0.3) is 5.92 Å². The molecule has 0 unspecified atom stereocenters. The topological polar surface area (TPSA) is 31.4 Å². The highest BCUT2D eigenvalue weighted by atomic mass is 28.4. The number of halogens is 2. The van der Waals surface area contributed by atoms with E-state index in [1.54, 1.807) is 12.1 Å². The molecule has 1 fully saturated rings. The number of rotatable bonds is 5. The van der Waals surface area contributed by atoms with Gasteiger partial charge in [0.05, 0.1) is 11.7 Å². The molecule has 2 aromatic rings. The van der Waals surface area contributed by atoms with Crippen molar-refractivity contribution in [1.82, 2.24) is 4.98 Å². The molecule has 2 aliphatic carbocycles. The Hall–Kier alpha value is -1.63. The van der Waals surface area contributed by atoms with Crippen molar-refractivity contribution in [2.75, 3.05) is 0 Å². The van der Waals surface area contributed by atoms with E-state index in [0.717, 1.165) is 56.7 Å². The molecule has 5 rings (SSSR count). The van der Waals surface area contributed by atoms with Crippen LogP contribution in [0.3, 0.4) is 0 Å². The molecule has 0 amide bonds. The normalized spacial score (nSPS) is 24.0. The minimum absolute atomic E-state index is 0.0249. The van der Waals surface area contributed by atoms with Gasteiger partial charge in [-0.2, -0.15) is 0 Å². The zero-order valence-electron chi connectivity index (χ0n) is 26.3. The molecule has 0 radical (unpaired) electrons. The number of nitrogens with zero attached hydrogens (tertiary/aromatic N) is 1. The lowest BCUT2D eigenvalue weighted by Gasteiger charge is -2.45. The summed E-state index contributed by atoms with van der Waals surface area (Å²) in [5.74, 6) is -2.66. The van der Waals surface area contributed by atoms with Gasteiger partial charge in [-0.1, -0.05) is 85.6 Å². The second kappa shape index (κ2) is 9.70. The van der Waals surface area contributed by atoms with Crippen LogP contribution in [-0.4, -0.2) is 13.3 Å². The van der Waals surface area contributed by atoms with Crippen LogP contribution in [0.2, 0.25) is 18.1 Å². The van der Waals surface area contributed by atoms with Crippen molar-refractivity contribution < 1.29 is 17.9 Å². The summed E-state index contributed by atoms with van der Waals surface area (Å²) in [6, 6.07) is 6.80. The van der Waals surface area contributed by atoms with E-state index in [1.807, 2.05) is 12.1 Å². The van der Waals surface area contributed by atoms with Crippen LogP contribution in [-0.2, 0) is 27.1 Å². The first-order valence-electron chi connectivity index (χ1n) is 15.3. The molecular weight excluding hydrogens is 520 g/mol. The second-order valence-corrected chi connectivity index (χ2v) is 20.2. The molecule has 1 spiro atoms. The fraction of sp³-hybridized carbons (Fsp3) is 0.676. The van der Waals surface area contributed by atoms with Crippen LogP contribution in [0.15, 0.2) is 24.3 Å². The van der Waals surface area contributed by atoms with Crippen LogP contribution in [0.4, 0.5) is 8.78 Å². The lowest BCUT2D eigenvalue weighted by molar-refractivity contribution is -0.0580. The highest BCUT2D eigenvalue weighted by Gasteiger charge is 2.54. The number of pyridine rings is 1. The van der Waals surface area contributed by atoms with Gasteiger partial charge in [0.2, 0.25) is 0 Å². The van der Waals surface area contributed by atoms with E-state index >= 15 is 0 Å². The van der Waals surface area contributed by atoms with Crippen molar-refractivity contribution >= 4 is 8.32 Å². The first-order chi connectivity index (χ1) is 18.4. The highest BCUT2D eigenvalue weighted by molar-refractivity contribution is 6.74. The predicted octanol–water partition coefficient (Wildman–Crippen LogP) is 10.2. The average Bonchev–Trinajstić information content (AvgIpc) is 3.41. The van der Waals surface area contributed by atoms with Crippen molar-refractivity contribution in [3.63, 3.8) is 0 Å². The molecule has 1 saturated carbocycles. The Morgan fingerprint density at radius 1 is 1.00 bits per heavy atom. The van der Waals surface area contributed by atoms with E-state index in [0.29, 0.717) is 0 Å². The Bertz CT molecular complexity index is 1260. The molecule has 2 atom stereocenters. The molecule has 3 aliphatic rings. The summed E-state index contributed by atoms with van der Waals surface area (Å²) in [5, 5.41) is 0.0936. The van der Waals surface area contributed by atoms with Crippen molar-refractivity contribution in [3.8, 4) is 0 Å². The third-order valence-corrected chi connectivity index (χ3v) is 14.6. The molecule has 3 nitrogen and oxygen atoms in total. The highest BCUT2D eigenvalue weighted by Crippen LogP contribution is 2.60. The van der Waals surface area contributed by atoms with E-state index < -0.39 is 14.2 Å². The maximum absolute atomic E-state index is 14.1. The van der Waals surface area contributed by atoms with Crippen LogP contribution in [0, 0.1) is 5.41 Å². The van der Waals surface area contributed by atoms with E-state index in [4.69, 9.17) is 14.1 Å². The molecule has 0 N–H and O–H groups in total. The molecule has 1 aromatic heterocycles. The maximum Gasteiger partial charge on any atom is 0.270 e. The molecule has 40 heavy (non-hydrogen) atoms. The molecular formula is C34H49F2NO2Si. The zero-order chi connectivity index (χ0) is 29.5. The summed E-state index contributed by atoms with van der Waals surface area (Å²) in [7, 11) is -2.09. The van der Waals surface area contributed by atoms with Crippen LogP contribution in [0.5, 0.6) is 0 Å². The standard InChI is InChI=1S/C34H49F2NO2Si/c1-21(2)29-27-28(26-24(37-29)19-32(6,7)20-25(26)39-40(9,10)31(3,4)5)34(17-11-12-18-34)38-30(27)22-13-15-23(16-14-22)33(8,35)36/h13-16,21,25,30H,11-12,17-20H2,1-10H3/t25-,30+/m0/s1. The molecule has 0 saturated heterocycles. The number of aromatic nitrogens is 1. The average molecular weight is 570 g/mol. The van der Waals surface area contributed by atoms with Gasteiger partial charge in [0.1, 0.15) is 6.10 Å². The Morgan fingerprint density at radius 3 is 2.12 bits per heavy atom. The third-order valence-electron chi connectivity index (χ3n) is 10.1. The lowest BCUT2D eigenvalue weighted by atomic mass is 9.70.